The van der Waals surface area contributed by atoms with Gasteiger partial charge in [0, 0.05) is 6.54 Å². The minimum absolute atomic E-state index is 0.617. The first kappa shape index (κ1) is 9.49. The molecule has 0 atom stereocenters. The molecule has 0 heterocycles. The summed E-state index contributed by atoms with van der Waals surface area (Å²) in [5, 5.41) is 0. The van der Waals surface area contributed by atoms with Crippen LogP contribution in [0.5, 0.6) is 0 Å². The molecule has 0 fully saturated rings. The molecule has 64 valence electrons. The van der Waals surface area contributed by atoms with E-state index >= 15 is 0 Å². The summed E-state index contributed by atoms with van der Waals surface area (Å²) in [6.45, 7) is 0.617. The molecular formula is C10H12BrN. The van der Waals surface area contributed by atoms with E-state index in [1.165, 1.54) is 11.1 Å². The zero-order chi connectivity index (χ0) is 8.81. The Morgan fingerprint density at radius 2 is 2.08 bits per heavy atom. The summed E-state index contributed by atoms with van der Waals surface area (Å²) < 4.78 is 0. The second-order valence-electron chi connectivity index (χ2n) is 2.59. The van der Waals surface area contributed by atoms with Crippen molar-refractivity contribution >= 4 is 15.9 Å². The molecule has 1 rings (SSSR count). The molecule has 0 aromatic heterocycles. The van der Waals surface area contributed by atoms with E-state index in [1.54, 1.807) is 0 Å². The van der Waals surface area contributed by atoms with Crippen LogP contribution < -0.4 is 5.73 Å². The van der Waals surface area contributed by atoms with Crippen molar-refractivity contribution in [3.63, 3.8) is 0 Å². The summed E-state index contributed by atoms with van der Waals surface area (Å²) in [7, 11) is 0. The Kier molecular flexibility index (Phi) is 4.05. The molecule has 2 N–H and O–H groups in total. The lowest BCUT2D eigenvalue weighted by atomic mass is 10.1. The Hall–Kier alpha value is -0.600. The topological polar surface area (TPSA) is 26.0 Å². The fourth-order valence-electron chi connectivity index (χ4n) is 1.06. The van der Waals surface area contributed by atoms with Crippen molar-refractivity contribution in [3.05, 3.63) is 46.5 Å². The summed E-state index contributed by atoms with van der Waals surface area (Å²) >= 11 is 3.24. The number of hydrogen-bond acceptors (Lipinski definition) is 1. The third kappa shape index (κ3) is 2.80. The van der Waals surface area contributed by atoms with Gasteiger partial charge >= 0.3 is 0 Å². The lowest BCUT2D eigenvalue weighted by Gasteiger charge is -1.99. The molecule has 0 aliphatic rings. The van der Waals surface area contributed by atoms with Crippen LogP contribution in [-0.4, -0.2) is 0 Å². The number of nitrogens with two attached hydrogens (primary N) is 1. The fourth-order valence-corrected chi connectivity index (χ4v) is 1.25. The van der Waals surface area contributed by atoms with Crippen molar-refractivity contribution in [2.75, 3.05) is 0 Å². The minimum atomic E-state index is 0.617. The Labute approximate surface area is 81.4 Å². The Balaban J connectivity index is 2.72. The van der Waals surface area contributed by atoms with Crippen molar-refractivity contribution < 1.29 is 0 Å². The van der Waals surface area contributed by atoms with Crippen molar-refractivity contribution in [2.24, 2.45) is 5.73 Å². The molecule has 0 saturated heterocycles. The van der Waals surface area contributed by atoms with Gasteiger partial charge < -0.3 is 5.73 Å². The summed E-state index contributed by atoms with van der Waals surface area (Å²) in [5.41, 5.74) is 8.01. The molecule has 0 unspecified atom stereocenters. The molecule has 2 heteroatoms. The minimum Gasteiger partial charge on any atom is -0.326 e. The normalized spacial score (nSPS) is 10.8. The van der Waals surface area contributed by atoms with Crippen LogP contribution >= 0.6 is 15.9 Å². The maximum absolute atomic E-state index is 5.52. The molecule has 0 bridgehead atoms. The predicted molar refractivity (Wildman–Crippen MR) is 56.1 cm³/mol. The van der Waals surface area contributed by atoms with Gasteiger partial charge in [-0.05, 0) is 22.5 Å². The fraction of sp³-hybridized carbons (Fsp3) is 0.200. The van der Waals surface area contributed by atoms with Gasteiger partial charge in [-0.25, -0.2) is 0 Å². The van der Waals surface area contributed by atoms with E-state index in [9.17, 15) is 0 Å². The van der Waals surface area contributed by atoms with E-state index in [1.807, 2.05) is 17.1 Å². The average molecular weight is 226 g/mol. The lowest BCUT2D eigenvalue weighted by molar-refractivity contribution is 1.06. The first-order chi connectivity index (χ1) is 5.86. The predicted octanol–water partition coefficient (Wildman–Crippen LogP) is 2.60. The quantitative estimate of drug-likeness (QED) is 0.842. The SMILES string of the molecule is NCc1cccc(C/C=C/Br)c1. The highest BCUT2D eigenvalue weighted by atomic mass is 79.9. The van der Waals surface area contributed by atoms with Gasteiger partial charge in [-0.2, -0.15) is 0 Å². The molecule has 0 aliphatic carbocycles. The van der Waals surface area contributed by atoms with Gasteiger partial charge in [-0.3, -0.25) is 0 Å². The zero-order valence-electron chi connectivity index (χ0n) is 6.83. The maximum Gasteiger partial charge on any atom is 0.0178 e. The smallest absolute Gasteiger partial charge is 0.0178 e. The summed E-state index contributed by atoms with van der Waals surface area (Å²) in [6, 6.07) is 8.32. The molecule has 1 aromatic rings. The van der Waals surface area contributed by atoms with Crippen LogP contribution in [-0.2, 0) is 13.0 Å². The third-order valence-electron chi connectivity index (χ3n) is 1.67. The molecule has 12 heavy (non-hydrogen) atoms. The van der Waals surface area contributed by atoms with Crippen molar-refractivity contribution in [1.82, 2.24) is 0 Å². The Morgan fingerprint density at radius 1 is 1.33 bits per heavy atom. The first-order valence-electron chi connectivity index (χ1n) is 3.90. The molecule has 0 radical (unpaired) electrons. The van der Waals surface area contributed by atoms with E-state index < -0.39 is 0 Å². The van der Waals surface area contributed by atoms with Gasteiger partial charge in [-0.15, -0.1) is 0 Å². The highest BCUT2D eigenvalue weighted by molar-refractivity contribution is 9.11. The van der Waals surface area contributed by atoms with E-state index in [4.69, 9.17) is 5.73 Å². The van der Waals surface area contributed by atoms with E-state index in [2.05, 4.69) is 34.1 Å². The summed E-state index contributed by atoms with van der Waals surface area (Å²) in [4.78, 5) is 1.88. The standard InChI is InChI=1S/C10H12BrN/c11-6-2-5-9-3-1-4-10(7-9)8-12/h1-4,6-7H,5,8,12H2/b6-2+. The second-order valence-corrected chi connectivity index (χ2v) is 3.12. The van der Waals surface area contributed by atoms with E-state index in [0.29, 0.717) is 6.54 Å². The van der Waals surface area contributed by atoms with Gasteiger partial charge in [-0.1, -0.05) is 46.3 Å². The van der Waals surface area contributed by atoms with Gasteiger partial charge in [0.25, 0.3) is 0 Å². The van der Waals surface area contributed by atoms with Crippen LogP contribution in [0.4, 0.5) is 0 Å². The van der Waals surface area contributed by atoms with Gasteiger partial charge in [0.2, 0.25) is 0 Å². The Bertz CT molecular complexity index is 268. The lowest BCUT2D eigenvalue weighted by Crippen LogP contribution is -1.96. The Morgan fingerprint density at radius 3 is 2.75 bits per heavy atom. The number of benzene rings is 1. The van der Waals surface area contributed by atoms with Gasteiger partial charge in [0.15, 0.2) is 0 Å². The van der Waals surface area contributed by atoms with Crippen molar-refractivity contribution in [3.8, 4) is 0 Å². The maximum atomic E-state index is 5.52. The number of hydrogen-bond donors (Lipinski definition) is 1. The van der Waals surface area contributed by atoms with Gasteiger partial charge in [0.1, 0.15) is 0 Å². The van der Waals surface area contributed by atoms with Crippen molar-refractivity contribution in [2.45, 2.75) is 13.0 Å². The highest BCUT2D eigenvalue weighted by Gasteiger charge is 1.91. The number of rotatable bonds is 3. The van der Waals surface area contributed by atoms with Crippen LogP contribution in [0.1, 0.15) is 11.1 Å². The monoisotopic (exact) mass is 225 g/mol. The number of allylic oxidation sites excluding steroid dienone is 1. The van der Waals surface area contributed by atoms with Gasteiger partial charge in [0.05, 0.1) is 0 Å². The molecule has 1 nitrogen and oxygen atoms in total. The molecule has 0 aliphatic heterocycles. The molecule has 0 amide bonds. The molecule has 0 saturated carbocycles. The molecule has 0 spiro atoms. The first-order valence-corrected chi connectivity index (χ1v) is 4.81. The van der Waals surface area contributed by atoms with Crippen LogP contribution in [0.3, 0.4) is 0 Å². The highest BCUT2D eigenvalue weighted by Crippen LogP contribution is 2.06. The largest absolute Gasteiger partial charge is 0.326 e. The molecular weight excluding hydrogens is 214 g/mol. The number of halogens is 1. The van der Waals surface area contributed by atoms with E-state index in [-0.39, 0.29) is 0 Å². The summed E-state index contributed by atoms with van der Waals surface area (Å²) in [5.74, 6) is 0. The average Bonchev–Trinajstić information content (AvgIpc) is 2.15. The van der Waals surface area contributed by atoms with E-state index in [0.717, 1.165) is 6.42 Å². The third-order valence-corrected chi connectivity index (χ3v) is 2.04. The van der Waals surface area contributed by atoms with Crippen LogP contribution in [0, 0.1) is 0 Å². The summed E-state index contributed by atoms with van der Waals surface area (Å²) in [6.07, 6.45) is 3.02. The zero-order valence-corrected chi connectivity index (χ0v) is 8.42. The molecule has 1 aromatic carbocycles. The van der Waals surface area contributed by atoms with Crippen molar-refractivity contribution in [1.29, 1.82) is 0 Å². The van der Waals surface area contributed by atoms with Crippen LogP contribution in [0.25, 0.3) is 0 Å². The van der Waals surface area contributed by atoms with Crippen LogP contribution in [0.15, 0.2) is 35.3 Å². The van der Waals surface area contributed by atoms with Crippen LogP contribution in [0.2, 0.25) is 0 Å². The second kappa shape index (κ2) is 5.12.